The van der Waals surface area contributed by atoms with Gasteiger partial charge in [-0.15, -0.1) is 0 Å². The van der Waals surface area contributed by atoms with E-state index >= 15 is 0 Å². The molecule has 6 saturated heterocycles. The fourth-order valence-corrected chi connectivity index (χ4v) is 12.8. The number of likely N-dealkylation sites (N-methyl/N-ethyl adjacent to an activating group) is 2. The normalized spacial score (nSPS) is 39.1. The number of rotatable bonds is 3. The van der Waals surface area contributed by atoms with Crippen LogP contribution < -0.4 is 0 Å². The molecule has 8 heteroatoms. The van der Waals surface area contributed by atoms with Crippen LogP contribution in [0.1, 0.15) is 61.3 Å². The van der Waals surface area contributed by atoms with Gasteiger partial charge in [0.1, 0.15) is 36.7 Å². The average molecular weight is 649 g/mol. The van der Waals surface area contributed by atoms with Crippen LogP contribution in [-0.4, -0.2) is 91.8 Å². The highest BCUT2D eigenvalue weighted by Gasteiger charge is 2.63. The maximum absolute atomic E-state index is 11.8. The smallest absolute Gasteiger partial charge is 0.131 e. The predicted molar refractivity (Wildman–Crippen MR) is 186 cm³/mol. The van der Waals surface area contributed by atoms with E-state index in [0.717, 1.165) is 69.5 Å². The highest BCUT2D eigenvalue weighted by Crippen LogP contribution is 2.61. The minimum absolute atomic E-state index is 0.179. The van der Waals surface area contributed by atoms with Gasteiger partial charge in [-0.2, -0.15) is 0 Å². The fourth-order valence-electron chi connectivity index (χ4n) is 12.8. The minimum Gasteiger partial charge on any atom is -0.507 e. The molecule has 12 rings (SSSR count). The number of aromatic amines is 2. The van der Waals surface area contributed by atoms with Gasteiger partial charge in [-0.1, -0.05) is 12.2 Å². The molecule has 0 aliphatic carbocycles. The number of fused-ring (bicyclic) bond motifs is 8. The van der Waals surface area contributed by atoms with E-state index in [2.05, 4.69) is 50.1 Å². The lowest BCUT2D eigenvalue weighted by atomic mass is 9.62. The molecule has 6 fully saturated rings. The van der Waals surface area contributed by atoms with Gasteiger partial charge in [0.15, 0.2) is 0 Å². The third kappa shape index (κ3) is 3.31. The molecule has 2 aromatic heterocycles. The SMILES string of the molecule is C/C=C1/C[N+]2(C)C3CC1C(CO)C2Cc1c3[nH]c2ccc(O)c(-c3c(O)ccc4[nH]c5c(c34)CC3C(CO)C4CC5[N+]3(C)C/C4=C/C)c12. The van der Waals surface area contributed by atoms with Crippen LogP contribution >= 0.6 is 0 Å². The first-order valence-electron chi connectivity index (χ1n) is 18.1. The van der Waals surface area contributed by atoms with E-state index in [-0.39, 0.29) is 36.5 Å². The number of H-pyrrole nitrogens is 2. The lowest BCUT2D eigenvalue weighted by Gasteiger charge is -2.62. The zero-order chi connectivity index (χ0) is 33.0. The molecule has 10 unspecified atom stereocenters. The molecule has 0 saturated carbocycles. The Morgan fingerprint density at radius 3 is 1.48 bits per heavy atom. The van der Waals surface area contributed by atoms with Crippen LogP contribution in [0.3, 0.4) is 0 Å². The van der Waals surface area contributed by atoms with Gasteiger partial charge >= 0.3 is 0 Å². The molecule has 6 N–H and O–H groups in total. The number of aliphatic hydroxyl groups excluding tert-OH is 2. The summed E-state index contributed by atoms with van der Waals surface area (Å²) < 4.78 is 1.83. The van der Waals surface area contributed by atoms with Gasteiger partial charge in [0.05, 0.1) is 50.8 Å². The third-order valence-electron chi connectivity index (χ3n) is 15.0. The van der Waals surface area contributed by atoms with E-state index in [4.69, 9.17) is 0 Å². The van der Waals surface area contributed by atoms with E-state index in [9.17, 15) is 20.4 Å². The number of phenolic OH excluding ortho intramolecular Hbond substituents is 2. The third-order valence-corrected chi connectivity index (χ3v) is 15.0. The fraction of sp³-hybridized carbons (Fsp3) is 0.500. The molecule has 0 radical (unpaired) electrons. The summed E-state index contributed by atoms with van der Waals surface area (Å²) >= 11 is 0. The summed E-state index contributed by atoms with van der Waals surface area (Å²) in [5, 5.41) is 47.1. The molecule has 48 heavy (non-hydrogen) atoms. The number of phenols is 2. The van der Waals surface area contributed by atoms with Crippen molar-refractivity contribution in [3.8, 4) is 22.6 Å². The second-order valence-electron chi connectivity index (χ2n) is 16.5. The van der Waals surface area contributed by atoms with Gasteiger partial charge in [-0.3, -0.25) is 0 Å². The molecule has 10 atom stereocenters. The molecule has 250 valence electrons. The molecule has 8 aliphatic heterocycles. The minimum atomic E-state index is 0.179. The van der Waals surface area contributed by atoms with E-state index in [1.165, 1.54) is 33.7 Å². The van der Waals surface area contributed by atoms with Crippen molar-refractivity contribution in [3.05, 3.63) is 70.1 Å². The van der Waals surface area contributed by atoms with Gasteiger partial charge in [-0.05, 0) is 60.4 Å². The number of piperidine rings is 6. The highest BCUT2D eigenvalue weighted by atomic mass is 16.3. The van der Waals surface area contributed by atoms with Crippen molar-refractivity contribution in [1.29, 1.82) is 0 Å². The summed E-state index contributed by atoms with van der Waals surface area (Å²) in [6, 6.07) is 8.75. The molecular formula is C40H48N4O4+2. The van der Waals surface area contributed by atoms with E-state index < -0.39 is 0 Å². The van der Waals surface area contributed by atoms with Crippen LogP contribution in [0.4, 0.5) is 0 Å². The van der Waals surface area contributed by atoms with Crippen LogP contribution in [0.15, 0.2) is 47.6 Å². The van der Waals surface area contributed by atoms with Gasteiger partial charge in [0.25, 0.3) is 0 Å². The van der Waals surface area contributed by atoms with Crippen LogP contribution in [-0.2, 0) is 12.8 Å². The lowest BCUT2D eigenvalue weighted by molar-refractivity contribution is -0.978. The van der Waals surface area contributed by atoms with Crippen molar-refractivity contribution < 1.29 is 29.4 Å². The number of hydrogen-bond donors (Lipinski definition) is 6. The Morgan fingerprint density at radius 2 is 1.10 bits per heavy atom. The number of nitrogens with one attached hydrogen (secondary N) is 2. The zero-order valence-electron chi connectivity index (χ0n) is 28.4. The molecule has 10 heterocycles. The number of benzene rings is 2. The Balaban J connectivity index is 1.20. The van der Waals surface area contributed by atoms with Crippen molar-refractivity contribution in [2.45, 2.75) is 63.7 Å². The maximum atomic E-state index is 11.8. The number of aromatic nitrogens is 2. The van der Waals surface area contributed by atoms with Gasteiger partial charge in [-0.25, -0.2) is 0 Å². The number of hydrogen-bond acceptors (Lipinski definition) is 4. The second kappa shape index (κ2) is 9.57. The Kier molecular flexibility index (Phi) is 5.85. The molecular weight excluding hydrogens is 600 g/mol. The number of aliphatic hydroxyl groups is 2. The summed E-state index contributed by atoms with van der Waals surface area (Å²) in [6.07, 6.45) is 8.22. The Morgan fingerprint density at radius 1 is 0.688 bits per heavy atom. The van der Waals surface area contributed by atoms with Crippen LogP contribution in [0, 0.1) is 23.7 Å². The molecule has 2 aromatic carbocycles. The summed E-state index contributed by atoms with van der Waals surface area (Å²) in [5.41, 5.74) is 11.4. The van der Waals surface area contributed by atoms with Crippen molar-refractivity contribution in [2.75, 3.05) is 40.4 Å². The Labute approximate surface area is 281 Å². The largest absolute Gasteiger partial charge is 0.507 e. The monoisotopic (exact) mass is 648 g/mol. The summed E-state index contributed by atoms with van der Waals surface area (Å²) in [4.78, 5) is 7.71. The van der Waals surface area contributed by atoms with Gasteiger partial charge in [0.2, 0.25) is 0 Å². The first-order chi connectivity index (χ1) is 23.2. The van der Waals surface area contributed by atoms with E-state index in [1.807, 2.05) is 12.1 Å². The zero-order valence-corrected chi connectivity index (χ0v) is 28.4. The van der Waals surface area contributed by atoms with Crippen molar-refractivity contribution in [3.63, 3.8) is 0 Å². The van der Waals surface area contributed by atoms with Crippen LogP contribution in [0.25, 0.3) is 32.9 Å². The topological polar surface area (TPSA) is 113 Å². The first kappa shape index (κ1) is 29.4. The van der Waals surface area contributed by atoms with Crippen LogP contribution in [0.2, 0.25) is 0 Å². The molecule has 8 aliphatic rings. The number of allylic oxidation sites excluding steroid dienone is 2. The Hall–Kier alpha value is -3.56. The quantitative estimate of drug-likeness (QED) is 0.126. The van der Waals surface area contributed by atoms with E-state index in [0.29, 0.717) is 47.1 Å². The van der Waals surface area contributed by atoms with E-state index in [1.54, 1.807) is 12.1 Å². The van der Waals surface area contributed by atoms with Crippen LogP contribution in [0.5, 0.6) is 11.5 Å². The molecule has 0 amide bonds. The van der Waals surface area contributed by atoms with Crippen molar-refractivity contribution in [1.82, 2.24) is 9.97 Å². The van der Waals surface area contributed by atoms with Gasteiger partial charge in [0, 0.05) is 82.3 Å². The first-order valence-corrected chi connectivity index (χ1v) is 18.1. The number of quaternary nitrogens is 2. The second-order valence-corrected chi connectivity index (χ2v) is 16.5. The highest BCUT2D eigenvalue weighted by molar-refractivity contribution is 6.11. The summed E-state index contributed by atoms with van der Waals surface area (Å²) in [7, 11) is 4.76. The molecule has 8 nitrogen and oxygen atoms in total. The predicted octanol–water partition coefficient (Wildman–Crippen LogP) is 5.73. The van der Waals surface area contributed by atoms with Gasteiger partial charge < -0.3 is 39.4 Å². The van der Waals surface area contributed by atoms with Crippen molar-refractivity contribution >= 4 is 21.8 Å². The maximum Gasteiger partial charge on any atom is 0.131 e. The average Bonchev–Trinajstić information content (AvgIpc) is 3.62. The van der Waals surface area contributed by atoms with Crippen molar-refractivity contribution in [2.24, 2.45) is 23.7 Å². The molecule has 8 bridgehead atoms. The molecule has 4 aromatic rings. The summed E-state index contributed by atoms with van der Waals surface area (Å²) in [5.74, 6) is 1.56. The standard InChI is InChI=1S/C40H46N4O4/c1-5-19-15-43(3)29-13-23-35-27(41-39(23)31(43)11-21(19)25(29)17-45)7-9-33(47)37(35)38-34(48)10-8-28-36(38)24-14-30-26(18-46)22-12-32(40(24)42-28)44(30,4)16-20(22)6-2/h5-10,21-22,25-26,29-32,41-42,45-46H,11-18H2,1-4H3/p+2/b19-5-,20-6-. The number of aromatic hydroxyl groups is 2. The Bertz CT molecular complexity index is 1970. The molecule has 0 spiro atoms. The number of nitrogens with zero attached hydrogens (tertiary/aromatic N) is 2. The summed E-state index contributed by atoms with van der Waals surface area (Å²) in [6.45, 7) is 6.68. The lowest BCUT2D eigenvalue weighted by Crippen LogP contribution is -2.70.